The van der Waals surface area contributed by atoms with E-state index in [-0.39, 0.29) is 5.91 Å². The van der Waals surface area contributed by atoms with Crippen molar-refractivity contribution >= 4 is 5.91 Å². The zero-order chi connectivity index (χ0) is 10.4. The van der Waals surface area contributed by atoms with E-state index in [2.05, 4.69) is 29.0 Å². The highest BCUT2D eigenvalue weighted by Gasteiger charge is 2.15. The molecule has 0 aromatic heterocycles. The van der Waals surface area contributed by atoms with Crippen LogP contribution in [0.3, 0.4) is 0 Å². The third-order valence-electron chi connectivity index (χ3n) is 2.74. The monoisotopic (exact) mass is 199 g/mol. The summed E-state index contributed by atoms with van der Waals surface area (Å²) in [4.78, 5) is 15.7. The fourth-order valence-corrected chi connectivity index (χ4v) is 1.71. The number of amides is 1. The first-order valence-corrected chi connectivity index (χ1v) is 5.47. The van der Waals surface area contributed by atoms with Crippen molar-refractivity contribution in [2.45, 2.75) is 13.8 Å². The molecule has 0 radical (unpaired) electrons. The molecular formula is C10H21N3O. The maximum atomic E-state index is 11.1. The Hall–Kier alpha value is -0.610. The molecule has 1 N–H and O–H groups in total. The number of piperazine rings is 1. The molecule has 1 amide bonds. The van der Waals surface area contributed by atoms with Crippen molar-refractivity contribution in [3.63, 3.8) is 0 Å². The first kappa shape index (κ1) is 11.5. The van der Waals surface area contributed by atoms with Gasteiger partial charge in [0.05, 0.1) is 6.54 Å². The number of nitrogens with one attached hydrogen (secondary N) is 1. The summed E-state index contributed by atoms with van der Waals surface area (Å²) in [6.45, 7) is 11.0. The largest absolute Gasteiger partial charge is 0.354 e. The number of likely N-dealkylation sites (N-methyl/N-ethyl adjacent to an activating group) is 1. The van der Waals surface area contributed by atoms with E-state index in [1.54, 1.807) is 0 Å². The van der Waals surface area contributed by atoms with Gasteiger partial charge in [0, 0.05) is 26.2 Å². The van der Waals surface area contributed by atoms with Crippen LogP contribution in [0, 0.1) is 0 Å². The minimum atomic E-state index is 0.163. The zero-order valence-electron chi connectivity index (χ0n) is 9.25. The summed E-state index contributed by atoms with van der Waals surface area (Å²) < 4.78 is 0. The highest BCUT2D eigenvalue weighted by atomic mass is 16.2. The van der Waals surface area contributed by atoms with Crippen LogP contribution in [0.2, 0.25) is 0 Å². The van der Waals surface area contributed by atoms with E-state index in [9.17, 15) is 4.79 Å². The first-order chi connectivity index (χ1) is 6.76. The molecule has 0 saturated carbocycles. The Labute approximate surface area is 86.2 Å². The predicted molar refractivity (Wildman–Crippen MR) is 57.2 cm³/mol. The molecule has 1 heterocycles. The number of nitrogens with zero attached hydrogens (tertiary/aromatic N) is 2. The van der Waals surface area contributed by atoms with Gasteiger partial charge >= 0.3 is 0 Å². The van der Waals surface area contributed by atoms with Crippen LogP contribution in [-0.4, -0.2) is 61.5 Å². The molecule has 82 valence electrons. The average Bonchev–Trinajstić information content (AvgIpc) is 2.19. The molecule has 1 saturated heterocycles. The second-order valence-electron chi connectivity index (χ2n) is 3.65. The van der Waals surface area contributed by atoms with Gasteiger partial charge in [0.1, 0.15) is 0 Å². The molecule has 1 fully saturated rings. The number of hydrogen-bond donors (Lipinski definition) is 1. The number of rotatable bonds is 5. The van der Waals surface area contributed by atoms with Crippen molar-refractivity contribution in [2.24, 2.45) is 0 Å². The molecule has 0 atom stereocenters. The van der Waals surface area contributed by atoms with E-state index in [4.69, 9.17) is 0 Å². The van der Waals surface area contributed by atoms with Gasteiger partial charge in [0.2, 0.25) is 5.91 Å². The van der Waals surface area contributed by atoms with Crippen LogP contribution in [0.25, 0.3) is 0 Å². The van der Waals surface area contributed by atoms with Gasteiger partial charge < -0.3 is 10.2 Å². The van der Waals surface area contributed by atoms with E-state index < -0.39 is 0 Å². The summed E-state index contributed by atoms with van der Waals surface area (Å²) in [5.74, 6) is 0.163. The zero-order valence-corrected chi connectivity index (χ0v) is 9.25. The van der Waals surface area contributed by atoms with Crippen molar-refractivity contribution in [3.8, 4) is 0 Å². The van der Waals surface area contributed by atoms with Gasteiger partial charge in [-0.3, -0.25) is 9.69 Å². The Bertz CT molecular complexity index is 180. The minimum Gasteiger partial charge on any atom is -0.354 e. The molecule has 1 rings (SSSR count). The van der Waals surface area contributed by atoms with E-state index >= 15 is 0 Å². The van der Waals surface area contributed by atoms with Gasteiger partial charge in [-0.05, 0) is 13.1 Å². The van der Waals surface area contributed by atoms with Crippen LogP contribution < -0.4 is 5.32 Å². The molecule has 0 unspecified atom stereocenters. The molecule has 4 heteroatoms. The summed E-state index contributed by atoms with van der Waals surface area (Å²) in [6.07, 6.45) is 0. The smallest absolute Gasteiger partial charge is 0.234 e. The molecule has 4 nitrogen and oxygen atoms in total. The van der Waals surface area contributed by atoms with Gasteiger partial charge in [0.15, 0.2) is 0 Å². The van der Waals surface area contributed by atoms with E-state index in [0.29, 0.717) is 6.54 Å². The standard InChI is InChI=1S/C10H21N3O/c1-3-12(4-2)7-8-13-6-5-11-10(14)9-13/h3-9H2,1-2H3,(H,11,14). The van der Waals surface area contributed by atoms with E-state index in [0.717, 1.165) is 39.3 Å². The summed E-state index contributed by atoms with van der Waals surface area (Å²) >= 11 is 0. The van der Waals surface area contributed by atoms with Crippen molar-refractivity contribution in [1.82, 2.24) is 15.1 Å². The average molecular weight is 199 g/mol. The van der Waals surface area contributed by atoms with Crippen LogP contribution in [-0.2, 0) is 4.79 Å². The molecule has 0 aliphatic carbocycles. The predicted octanol–water partition coefficient (Wildman–Crippen LogP) is -0.240. The maximum absolute atomic E-state index is 11.1. The second kappa shape index (κ2) is 5.98. The molecule has 0 aromatic rings. The fourth-order valence-electron chi connectivity index (χ4n) is 1.71. The summed E-state index contributed by atoms with van der Waals surface area (Å²) in [6, 6.07) is 0. The van der Waals surface area contributed by atoms with Crippen LogP contribution in [0.15, 0.2) is 0 Å². The lowest BCUT2D eigenvalue weighted by Gasteiger charge is -2.28. The number of carbonyl (C=O) groups is 1. The van der Waals surface area contributed by atoms with Gasteiger partial charge in [-0.1, -0.05) is 13.8 Å². The lowest BCUT2D eigenvalue weighted by molar-refractivity contribution is -0.124. The maximum Gasteiger partial charge on any atom is 0.234 e. The number of carbonyl (C=O) groups excluding carboxylic acids is 1. The van der Waals surface area contributed by atoms with Gasteiger partial charge in [-0.2, -0.15) is 0 Å². The minimum absolute atomic E-state index is 0.163. The van der Waals surface area contributed by atoms with Crippen molar-refractivity contribution in [3.05, 3.63) is 0 Å². The Morgan fingerprint density at radius 2 is 2.14 bits per heavy atom. The molecular weight excluding hydrogens is 178 g/mol. The van der Waals surface area contributed by atoms with Crippen molar-refractivity contribution in [2.75, 3.05) is 45.8 Å². The summed E-state index contributed by atoms with van der Waals surface area (Å²) in [5.41, 5.74) is 0. The molecule has 0 spiro atoms. The van der Waals surface area contributed by atoms with Gasteiger partial charge in [-0.25, -0.2) is 0 Å². The Morgan fingerprint density at radius 1 is 1.43 bits per heavy atom. The van der Waals surface area contributed by atoms with Crippen LogP contribution in [0.1, 0.15) is 13.8 Å². The van der Waals surface area contributed by atoms with Gasteiger partial charge in [-0.15, -0.1) is 0 Å². The normalized spacial score (nSPS) is 18.6. The Balaban J connectivity index is 2.19. The lowest BCUT2D eigenvalue weighted by atomic mass is 10.3. The topological polar surface area (TPSA) is 35.6 Å². The lowest BCUT2D eigenvalue weighted by Crippen LogP contribution is -2.49. The molecule has 1 aliphatic rings. The highest BCUT2D eigenvalue weighted by molar-refractivity contribution is 5.78. The molecule has 1 aliphatic heterocycles. The molecule has 0 bridgehead atoms. The Morgan fingerprint density at radius 3 is 2.71 bits per heavy atom. The molecule has 0 aromatic carbocycles. The van der Waals surface area contributed by atoms with Crippen molar-refractivity contribution < 1.29 is 4.79 Å². The van der Waals surface area contributed by atoms with Gasteiger partial charge in [0.25, 0.3) is 0 Å². The first-order valence-electron chi connectivity index (χ1n) is 5.47. The molecule has 14 heavy (non-hydrogen) atoms. The summed E-state index contributed by atoms with van der Waals surface area (Å²) in [5, 5.41) is 2.83. The van der Waals surface area contributed by atoms with E-state index in [1.165, 1.54) is 0 Å². The second-order valence-corrected chi connectivity index (χ2v) is 3.65. The van der Waals surface area contributed by atoms with Crippen LogP contribution in [0.5, 0.6) is 0 Å². The highest BCUT2D eigenvalue weighted by Crippen LogP contribution is 1.95. The van der Waals surface area contributed by atoms with Crippen LogP contribution >= 0.6 is 0 Å². The van der Waals surface area contributed by atoms with E-state index in [1.807, 2.05) is 0 Å². The van der Waals surface area contributed by atoms with Crippen molar-refractivity contribution in [1.29, 1.82) is 0 Å². The number of hydrogen-bond acceptors (Lipinski definition) is 3. The third-order valence-corrected chi connectivity index (χ3v) is 2.74. The summed E-state index contributed by atoms with van der Waals surface area (Å²) in [7, 11) is 0. The third kappa shape index (κ3) is 3.64. The Kier molecular flexibility index (Phi) is 4.90. The van der Waals surface area contributed by atoms with Crippen LogP contribution in [0.4, 0.5) is 0 Å². The quantitative estimate of drug-likeness (QED) is 0.664. The SMILES string of the molecule is CCN(CC)CCN1CCNC(=O)C1. The fraction of sp³-hybridized carbons (Fsp3) is 0.900.